The SMILES string of the molecule is CCOc1cc(/C=N/NC(=O)c2cccc([N+](=O)[O-])c2)cc(Br)c1OCC(=O)Nc1cccc(C)c1. The number of non-ortho nitro benzene ring substituents is 1. The lowest BCUT2D eigenvalue weighted by atomic mass is 10.2. The van der Waals surface area contributed by atoms with Crippen LogP contribution in [0, 0.1) is 17.0 Å². The number of nitro benzene ring substituents is 1. The number of anilines is 1. The molecule has 11 heteroatoms. The van der Waals surface area contributed by atoms with Crippen molar-refractivity contribution in [1.29, 1.82) is 0 Å². The van der Waals surface area contributed by atoms with Crippen molar-refractivity contribution >= 4 is 45.3 Å². The van der Waals surface area contributed by atoms with E-state index in [-0.39, 0.29) is 23.8 Å². The first kappa shape index (κ1) is 26.4. The van der Waals surface area contributed by atoms with Crippen molar-refractivity contribution in [1.82, 2.24) is 5.43 Å². The highest BCUT2D eigenvalue weighted by Gasteiger charge is 2.15. The highest BCUT2D eigenvalue weighted by molar-refractivity contribution is 9.10. The monoisotopic (exact) mass is 554 g/mol. The van der Waals surface area contributed by atoms with Crippen LogP contribution in [-0.4, -0.2) is 36.2 Å². The van der Waals surface area contributed by atoms with Gasteiger partial charge in [0.15, 0.2) is 18.1 Å². The molecule has 0 aromatic heterocycles. The zero-order valence-electron chi connectivity index (χ0n) is 19.5. The summed E-state index contributed by atoms with van der Waals surface area (Å²) in [5, 5.41) is 17.6. The van der Waals surface area contributed by atoms with Crippen molar-refractivity contribution < 1.29 is 24.0 Å². The van der Waals surface area contributed by atoms with Crippen LogP contribution >= 0.6 is 15.9 Å². The number of amides is 2. The molecule has 36 heavy (non-hydrogen) atoms. The summed E-state index contributed by atoms with van der Waals surface area (Å²) in [6, 6.07) is 16.1. The summed E-state index contributed by atoms with van der Waals surface area (Å²) >= 11 is 3.42. The average Bonchev–Trinajstić information content (AvgIpc) is 2.83. The molecule has 0 aliphatic carbocycles. The number of nitro groups is 1. The summed E-state index contributed by atoms with van der Waals surface area (Å²) in [7, 11) is 0. The van der Waals surface area contributed by atoms with Crippen molar-refractivity contribution in [3.8, 4) is 11.5 Å². The van der Waals surface area contributed by atoms with E-state index in [0.29, 0.717) is 33.8 Å². The smallest absolute Gasteiger partial charge is 0.271 e. The molecule has 3 rings (SSSR count). The Hall–Kier alpha value is -4.25. The predicted molar refractivity (Wildman–Crippen MR) is 139 cm³/mol. The number of carbonyl (C=O) groups is 2. The topological polar surface area (TPSA) is 132 Å². The molecule has 0 aliphatic heterocycles. The van der Waals surface area contributed by atoms with Gasteiger partial charge in [0, 0.05) is 23.4 Å². The Bertz CT molecular complexity index is 1310. The van der Waals surface area contributed by atoms with Crippen molar-refractivity contribution in [2.24, 2.45) is 5.10 Å². The predicted octanol–water partition coefficient (Wildman–Crippen LogP) is 4.85. The summed E-state index contributed by atoms with van der Waals surface area (Å²) in [6.07, 6.45) is 1.39. The number of carbonyl (C=O) groups excluding carboxylic acids is 2. The molecule has 3 aromatic carbocycles. The zero-order chi connectivity index (χ0) is 26.1. The van der Waals surface area contributed by atoms with Crippen LogP contribution in [0.15, 0.2) is 70.2 Å². The number of ether oxygens (including phenoxy) is 2. The quantitative estimate of drug-likeness (QED) is 0.209. The van der Waals surface area contributed by atoms with Crippen LogP contribution in [0.25, 0.3) is 0 Å². The van der Waals surface area contributed by atoms with Crippen LogP contribution < -0.4 is 20.2 Å². The highest BCUT2D eigenvalue weighted by atomic mass is 79.9. The van der Waals surface area contributed by atoms with Gasteiger partial charge in [0.05, 0.1) is 22.2 Å². The number of aryl methyl sites for hydroxylation is 1. The molecule has 0 heterocycles. The van der Waals surface area contributed by atoms with Gasteiger partial charge in [-0.25, -0.2) is 5.43 Å². The lowest BCUT2D eigenvalue weighted by Crippen LogP contribution is -2.20. The summed E-state index contributed by atoms with van der Waals surface area (Å²) in [6.45, 7) is 3.85. The second-order valence-electron chi connectivity index (χ2n) is 7.48. The third-order valence-electron chi connectivity index (χ3n) is 4.68. The molecule has 0 saturated carbocycles. The van der Waals surface area contributed by atoms with Gasteiger partial charge in [-0.15, -0.1) is 0 Å². The maximum absolute atomic E-state index is 12.3. The molecule has 2 N–H and O–H groups in total. The minimum absolute atomic E-state index is 0.102. The van der Waals surface area contributed by atoms with E-state index in [4.69, 9.17) is 9.47 Å². The molecule has 0 atom stereocenters. The number of rotatable bonds is 10. The molecule has 2 amide bonds. The number of hydrogen-bond acceptors (Lipinski definition) is 7. The molecule has 0 saturated heterocycles. The largest absolute Gasteiger partial charge is 0.490 e. The van der Waals surface area contributed by atoms with Gasteiger partial charge in [-0.2, -0.15) is 5.10 Å². The average molecular weight is 555 g/mol. The molecule has 0 fully saturated rings. The molecule has 3 aromatic rings. The van der Waals surface area contributed by atoms with Gasteiger partial charge in [0.1, 0.15) is 0 Å². The lowest BCUT2D eigenvalue weighted by Gasteiger charge is -2.14. The Kier molecular flexibility index (Phi) is 9.12. The van der Waals surface area contributed by atoms with Crippen molar-refractivity contribution in [2.45, 2.75) is 13.8 Å². The Labute approximate surface area is 215 Å². The maximum Gasteiger partial charge on any atom is 0.271 e. The van der Waals surface area contributed by atoms with Crippen LogP contribution in [0.2, 0.25) is 0 Å². The third kappa shape index (κ3) is 7.37. The standard InChI is InChI=1S/C25H23BrN4O6/c1-3-35-22-12-17(14-27-29-25(32)18-7-5-9-20(13-18)30(33)34)11-21(26)24(22)36-15-23(31)28-19-8-4-6-16(2)10-19/h4-14H,3,15H2,1-2H3,(H,28,31)(H,29,32)/b27-14+. The van der Waals surface area contributed by atoms with E-state index in [1.807, 2.05) is 32.0 Å². The molecule has 186 valence electrons. The van der Waals surface area contributed by atoms with Crippen LogP contribution in [0.3, 0.4) is 0 Å². The van der Waals surface area contributed by atoms with Gasteiger partial charge in [-0.05, 0) is 71.2 Å². The molecular formula is C25H23BrN4O6. The van der Waals surface area contributed by atoms with E-state index in [1.165, 1.54) is 24.4 Å². The van der Waals surface area contributed by atoms with Crippen LogP contribution in [0.4, 0.5) is 11.4 Å². The Balaban J connectivity index is 1.67. The van der Waals surface area contributed by atoms with Gasteiger partial charge < -0.3 is 14.8 Å². The Morgan fingerprint density at radius 3 is 2.61 bits per heavy atom. The van der Waals surface area contributed by atoms with Gasteiger partial charge in [0.2, 0.25) is 0 Å². The third-order valence-corrected chi connectivity index (χ3v) is 5.27. The summed E-state index contributed by atoms with van der Waals surface area (Å²) in [5.41, 5.74) is 4.51. The molecule has 10 nitrogen and oxygen atoms in total. The first-order valence-electron chi connectivity index (χ1n) is 10.8. The Morgan fingerprint density at radius 1 is 1.11 bits per heavy atom. The zero-order valence-corrected chi connectivity index (χ0v) is 21.1. The first-order valence-corrected chi connectivity index (χ1v) is 11.6. The van der Waals surface area contributed by atoms with E-state index in [2.05, 4.69) is 31.8 Å². The molecular weight excluding hydrogens is 532 g/mol. The molecule has 0 unspecified atom stereocenters. The van der Waals surface area contributed by atoms with E-state index >= 15 is 0 Å². The van der Waals surface area contributed by atoms with E-state index in [9.17, 15) is 19.7 Å². The normalized spacial score (nSPS) is 10.6. The number of nitrogens with zero attached hydrogens (tertiary/aromatic N) is 2. The number of hydrogen-bond donors (Lipinski definition) is 2. The van der Waals surface area contributed by atoms with E-state index < -0.39 is 10.8 Å². The highest BCUT2D eigenvalue weighted by Crippen LogP contribution is 2.36. The van der Waals surface area contributed by atoms with Crippen LogP contribution in [-0.2, 0) is 4.79 Å². The number of hydrazone groups is 1. The van der Waals surface area contributed by atoms with Crippen molar-refractivity contribution in [3.05, 3.63) is 91.9 Å². The fourth-order valence-electron chi connectivity index (χ4n) is 3.11. The number of halogens is 1. The number of nitrogens with one attached hydrogen (secondary N) is 2. The van der Waals surface area contributed by atoms with E-state index in [0.717, 1.165) is 11.6 Å². The summed E-state index contributed by atoms with van der Waals surface area (Å²) in [4.78, 5) is 34.9. The second-order valence-corrected chi connectivity index (χ2v) is 8.33. The van der Waals surface area contributed by atoms with Gasteiger partial charge in [-0.1, -0.05) is 18.2 Å². The first-order chi connectivity index (χ1) is 17.3. The van der Waals surface area contributed by atoms with Gasteiger partial charge in [-0.3, -0.25) is 19.7 Å². The fraction of sp³-hybridized carbons (Fsp3) is 0.160. The lowest BCUT2D eigenvalue weighted by molar-refractivity contribution is -0.384. The number of benzene rings is 3. The fourth-order valence-corrected chi connectivity index (χ4v) is 3.69. The molecule has 0 spiro atoms. The van der Waals surface area contributed by atoms with E-state index in [1.54, 1.807) is 18.2 Å². The molecule has 0 aliphatic rings. The minimum Gasteiger partial charge on any atom is -0.490 e. The maximum atomic E-state index is 12.3. The van der Waals surface area contributed by atoms with Crippen LogP contribution in [0.1, 0.15) is 28.4 Å². The summed E-state index contributed by atoms with van der Waals surface area (Å²) < 4.78 is 11.9. The van der Waals surface area contributed by atoms with Gasteiger partial charge in [0.25, 0.3) is 17.5 Å². The van der Waals surface area contributed by atoms with Crippen molar-refractivity contribution in [3.63, 3.8) is 0 Å². The minimum atomic E-state index is -0.598. The second kappa shape index (κ2) is 12.5. The molecule has 0 radical (unpaired) electrons. The Morgan fingerprint density at radius 2 is 1.89 bits per heavy atom. The van der Waals surface area contributed by atoms with Crippen molar-refractivity contribution in [2.75, 3.05) is 18.5 Å². The van der Waals surface area contributed by atoms with Crippen LogP contribution in [0.5, 0.6) is 11.5 Å². The summed E-state index contributed by atoms with van der Waals surface area (Å²) in [5.74, 6) is -0.209. The van der Waals surface area contributed by atoms with Gasteiger partial charge >= 0.3 is 0 Å². The molecule has 0 bridgehead atoms.